The van der Waals surface area contributed by atoms with E-state index in [1.54, 1.807) is 16.8 Å². The Labute approximate surface area is 166 Å². The van der Waals surface area contributed by atoms with Crippen molar-refractivity contribution >= 4 is 23.3 Å². The fourth-order valence-corrected chi connectivity index (χ4v) is 3.05. The lowest BCUT2D eigenvalue weighted by atomic mass is 10.1. The molecule has 0 bridgehead atoms. The highest BCUT2D eigenvalue weighted by atomic mass is 35.5. The number of halogens is 1. The molecule has 0 saturated heterocycles. The summed E-state index contributed by atoms with van der Waals surface area (Å²) in [6.07, 6.45) is 0. The summed E-state index contributed by atoms with van der Waals surface area (Å²) in [7, 11) is 0. The average Bonchev–Trinajstić information content (AvgIpc) is 3.30. The maximum atomic E-state index is 12.5. The summed E-state index contributed by atoms with van der Waals surface area (Å²) in [5, 5.41) is 11.7. The van der Waals surface area contributed by atoms with Gasteiger partial charge in [0.15, 0.2) is 17.3 Å². The van der Waals surface area contributed by atoms with Gasteiger partial charge in [0.25, 0.3) is 5.91 Å². The molecule has 0 aliphatic rings. The minimum Gasteiger partial charge on any atom is -0.355 e. The highest BCUT2D eigenvalue weighted by Gasteiger charge is 2.15. The van der Waals surface area contributed by atoms with Crippen LogP contribution in [0, 0.1) is 6.92 Å². The van der Waals surface area contributed by atoms with E-state index in [1.165, 1.54) is 0 Å². The van der Waals surface area contributed by atoms with Crippen LogP contribution in [0.15, 0.2) is 71.3 Å². The van der Waals surface area contributed by atoms with Crippen LogP contribution >= 0.6 is 11.6 Å². The summed E-state index contributed by atoms with van der Waals surface area (Å²) < 4.78 is 7.08. The van der Waals surface area contributed by atoms with Gasteiger partial charge in [-0.25, -0.2) is 0 Å². The predicted molar refractivity (Wildman–Crippen MR) is 107 cm³/mol. The quantitative estimate of drug-likeness (QED) is 0.529. The van der Waals surface area contributed by atoms with Crippen LogP contribution in [0.5, 0.6) is 0 Å². The molecule has 1 N–H and O–H groups in total. The van der Waals surface area contributed by atoms with Crippen molar-refractivity contribution in [2.45, 2.75) is 13.5 Å². The van der Waals surface area contributed by atoms with Crippen molar-refractivity contribution in [2.24, 2.45) is 0 Å². The van der Waals surface area contributed by atoms with Crippen LogP contribution in [-0.2, 0) is 6.54 Å². The Hall–Kier alpha value is -3.38. The Kier molecular flexibility index (Phi) is 4.95. The zero-order chi connectivity index (χ0) is 19.5. The number of benzene rings is 2. The molecule has 0 aliphatic carbocycles. The van der Waals surface area contributed by atoms with Gasteiger partial charge in [-0.2, -0.15) is 5.10 Å². The molecule has 0 spiro atoms. The van der Waals surface area contributed by atoms with Crippen LogP contribution in [-0.4, -0.2) is 20.8 Å². The molecule has 4 aromatic rings. The molecular weight excluding hydrogens is 376 g/mol. The molecule has 6 nitrogen and oxygen atoms in total. The monoisotopic (exact) mass is 392 g/mol. The molecule has 0 unspecified atom stereocenters. The Balaban J connectivity index is 1.47. The lowest BCUT2D eigenvalue weighted by molar-refractivity contribution is 0.101. The standard InChI is InChI=1S/C21H17ClN4O2/c1-14-10-20(24-26(14)13-15-6-5-9-17(22)11-15)23-21(27)18-12-19(28-25-18)16-7-3-2-4-8-16/h2-12H,13H2,1H3,(H,23,24,27). The number of hydrogen-bond donors (Lipinski definition) is 1. The van der Waals surface area contributed by atoms with Gasteiger partial charge in [0.1, 0.15) is 0 Å². The Morgan fingerprint density at radius 3 is 2.71 bits per heavy atom. The van der Waals surface area contributed by atoms with Crippen molar-refractivity contribution < 1.29 is 9.32 Å². The average molecular weight is 393 g/mol. The van der Waals surface area contributed by atoms with E-state index >= 15 is 0 Å². The Morgan fingerprint density at radius 1 is 1.11 bits per heavy atom. The fraction of sp³-hybridized carbons (Fsp3) is 0.0952. The number of nitrogens with zero attached hydrogens (tertiary/aromatic N) is 3. The van der Waals surface area contributed by atoms with Gasteiger partial charge in [-0.05, 0) is 24.6 Å². The molecule has 0 radical (unpaired) electrons. The number of rotatable bonds is 5. The summed E-state index contributed by atoms with van der Waals surface area (Å²) in [6.45, 7) is 2.49. The van der Waals surface area contributed by atoms with E-state index in [0.717, 1.165) is 16.8 Å². The zero-order valence-corrected chi connectivity index (χ0v) is 15.8. The SMILES string of the molecule is Cc1cc(NC(=O)c2cc(-c3ccccc3)on2)nn1Cc1cccc(Cl)c1. The highest BCUT2D eigenvalue weighted by Crippen LogP contribution is 2.20. The largest absolute Gasteiger partial charge is 0.355 e. The van der Waals surface area contributed by atoms with Crippen molar-refractivity contribution in [1.82, 2.24) is 14.9 Å². The van der Waals surface area contributed by atoms with Gasteiger partial charge in [0.2, 0.25) is 0 Å². The van der Waals surface area contributed by atoms with Gasteiger partial charge in [-0.1, -0.05) is 59.2 Å². The van der Waals surface area contributed by atoms with Crippen LogP contribution in [0.2, 0.25) is 5.02 Å². The van der Waals surface area contributed by atoms with Gasteiger partial charge in [-0.3, -0.25) is 9.48 Å². The summed E-state index contributed by atoms with van der Waals surface area (Å²) in [5.41, 5.74) is 3.00. The fourth-order valence-electron chi connectivity index (χ4n) is 2.84. The second kappa shape index (κ2) is 7.70. The number of aryl methyl sites for hydroxylation is 1. The van der Waals surface area contributed by atoms with Crippen molar-refractivity contribution in [3.8, 4) is 11.3 Å². The maximum absolute atomic E-state index is 12.5. The highest BCUT2D eigenvalue weighted by molar-refractivity contribution is 6.30. The van der Waals surface area contributed by atoms with Gasteiger partial charge < -0.3 is 9.84 Å². The predicted octanol–water partition coefficient (Wildman–Crippen LogP) is 4.80. The van der Waals surface area contributed by atoms with Gasteiger partial charge in [0, 0.05) is 28.4 Å². The van der Waals surface area contributed by atoms with E-state index in [-0.39, 0.29) is 11.6 Å². The third kappa shape index (κ3) is 3.97. The van der Waals surface area contributed by atoms with E-state index in [0.29, 0.717) is 23.1 Å². The van der Waals surface area contributed by atoms with Crippen molar-refractivity contribution in [1.29, 1.82) is 0 Å². The first-order valence-electron chi connectivity index (χ1n) is 8.71. The molecule has 28 heavy (non-hydrogen) atoms. The molecule has 2 aromatic heterocycles. The molecule has 0 fully saturated rings. The second-order valence-electron chi connectivity index (χ2n) is 6.36. The van der Waals surface area contributed by atoms with Crippen molar-refractivity contribution in [3.05, 3.63) is 88.7 Å². The lowest BCUT2D eigenvalue weighted by Crippen LogP contribution is -2.13. The van der Waals surface area contributed by atoms with E-state index in [1.807, 2.05) is 61.5 Å². The number of aromatic nitrogens is 3. The van der Waals surface area contributed by atoms with Crippen LogP contribution in [0.25, 0.3) is 11.3 Å². The molecular formula is C21H17ClN4O2. The Bertz CT molecular complexity index is 1120. The first-order chi connectivity index (χ1) is 13.6. The molecule has 2 heterocycles. The van der Waals surface area contributed by atoms with Gasteiger partial charge in [0.05, 0.1) is 6.54 Å². The molecule has 4 rings (SSSR count). The summed E-state index contributed by atoms with van der Waals surface area (Å²) in [5.74, 6) is 0.612. The topological polar surface area (TPSA) is 73.0 Å². The number of amides is 1. The van der Waals surface area contributed by atoms with E-state index < -0.39 is 0 Å². The number of nitrogens with one attached hydrogen (secondary N) is 1. The van der Waals surface area contributed by atoms with Gasteiger partial charge >= 0.3 is 0 Å². The first-order valence-corrected chi connectivity index (χ1v) is 9.09. The molecule has 0 aliphatic heterocycles. The Morgan fingerprint density at radius 2 is 1.93 bits per heavy atom. The summed E-state index contributed by atoms with van der Waals surface area (Å²) >= 11 is 6.04. The number of carbonyl (C=O) groups excluding carboxylic acids is 1. The normalized spacial score (nSPS) is 10.8. The van der Waals surface area contributed by atoms with Crippen molar-refractivity contribution in [3.63, 3.8) is 0 Å². The minimum absolute atomic E-state index is 0.195. The molecule has 1 amide bonds. The number of hydrogen-bond acceptors (Lipinski definition) is 4. The first kappa shape index (κ1) is 18.0. The van der Waals surface area contributed by atoms with Crippen molar-refractivity contribution in [2.75, 3.05) is 5.32 Å². The van der Waals surface area contributed by atoms with E-state index in [2.05, 4.69) is 15.6 Å². The lowest BCUT2D eigenvalue weighted by Gasteiger charge is -2.04. The molecule has 140 valence electrons. The van der Waals surface area contributed by atoms with Crippen LogP contribution < -0.4 is 5.32 Å². The smallest absolute Gasteiger partial charge is 0.279 e. The maximum Gasteiger partial charge on any atom is 0.279 e. The summed E-state index contributed by atoms with van der Waals surface area (Å²) in [6, 6.07) is 20.5. The number of carbonyl (C=O) groups is 1. The van der Waals surface area contributed by atoms with Gasteiger partial charge in [-0.15, -0.1) is 0 Å². The summed E-state index contributed by atoms with van der Waals surface area (Å²) in [4.78, 5) is 12.5. The molecule has 0 atom stereocenters. The third-order valence-electron chi connectivity index (χ3n) is 4.25. The van der Waals surface area contributed by atoms with Crippen LogP contribution in [0.1, 0.15) is 21.7 Å². The van der Waals surface area contributed by atoms with Crippen LogP contribution in [0.3, 0.4) is 0 Å². The van der Waals surface area contributed by atoms with E-state index in [4.69, 9.17) is 16.1 Å². The number of anilines is 1. The zero-order valence-electron chi connectivity index (χ0n) is 15.1. The van der Waals surface area contributed by atoms with Crippen LogP contribution in [0.4, 0.5) is 5.82 Å². The molecule has 2 aromatic carbocycles. The van der Waals surface area contributed by atoms with E-state index in [9.17, 15) is 4.79 Å². The molecule has 0 saturated carbocycles. The third-order valence-corrected chi connectivity index (χ3v) is 4.48. The minimum atomic E-state index is -0.377. The second-order valence-corrected chi connectivity index (χ2v) is 6.79. The molecule has 7 heteroatoms.